The topological polar surface area (TPSA) is 128 Å². The van der Waals surface area contributed by atoms with Crippen LogP contribution in [0.1, 0.15) is 10.4 Å². The second-order valence-corrected chi connectivity index (χ2v) is 5.07. The van der Waals surface area contributed by atoms with E-state index in [0.29, 0.717) is 0 Å². The summed E-state index contributed by atoms with van der Waals surface area (Å²) in [6.45, 7) is -3.24. The molecule has 2 N–H and O–H groups in total. The van der Waals surface area contributed by atoms with Gasteiger partial charge in [0.25, 0.3) is 17.5 Å². The number of esters is 1. The average Bonchev–Trinajstić information content (AvgIpc) is 2.55. The third-order valence-electron chi connectivity index (χ3n) is 2.65. The lowest BCUT2D eigenvalue weighted by Gasteiger charge is -2.09. The number of rotatable bonds is 7. The second kappa shape index (κ2) is 8.99. The van der Waals surface area contributed by atoms with Gasteiger partial charge < -0.3 is 15.4 Å². The van der Waals surface area contributed by atoms with Gasteiger partial charge in [-0.15, -0.1) is 0 Å². The third kappa shape index (κ3) is 7.34. The van der Waals surface area contributed by atoms with Crippen LogP contribution in [0.25, 0.3) is 0 Å². The molecule has 0 fully saturated rings. The van der Waals surface area contributed by atoms with Crippen molar-refractivity contribution in [2.75, 3.05) is 19.7 Å². The van der Waals surface area contributed by atoms with Crippen LogP contribution < -0.4 is 10.6 Å². The lowest BCUT2D eigenvalue weighted by Crippen LogP contribution is -2.37. The monoisotopic (exact) mass is 397 g/mol. The summed E-state index contributed by atoms with van der Waals surface area (Å²) in [4.78, 5) is 44.1. The summed E-state index contributed by atoms with van der Waals surface area (Å²) < 4.78 is 40.0. The van der Waals surface area contributed by atoms with E-state index in [4.69, 9.17) is 11.6 Å². The van der Waals surface area contributed by atoms with Gasteiger partial charge in [0, 0.05) is 11.6 Å². The van der Waals surface area contributed by atoms with Gasteiger partial charge in [0.05, 0.1) is 4.92 Å². The number of halogens is 4. The highest BCUT2D eigenvalue weighted by atomic mass is 35.5. The van der Waals surface area contributed by atoms with Crippen LogP contribution >= 0.6 is 11.6 Å². The highest BCUT2D eigenvalue weighted by molar-refractivity contribution is 6.32. The van der Waals surface area contributed by atoms with Crippen LogP contribution in [0, 0.1) is 10.1 Å². The first kappa shape index (κ1) is 21.2. The molecule has 0 spiro atoms. The number of ether oxygens (including phenoxy) is 1. The van der Waals surface area contributed by atoms with Crippen molar-refractivity contribution in [1.29, 1.82) is 0 Å². The predicted octanol–water partition coefficient (Wildman–Crippen LogP) is 1.20. The molecule has 9 nitrogen and oxygen atoms in total. The summed E-state index contributed by atoms with van der Waals surface area (Å²) in [5.74, 6) is -3.12. The standard InChI is InChI=1S/C13H11ClF3N3O6/c14-8-2-1-7(3-9(8)20(24)25)12(23)18-4-11(22)26-5-10(21)19-6-13(15,16)17/h1-3H,4-6H2,(H,18,23)(H,19,21). The van der Waals surface area contributed by atoms with Gasteiger partial charge in [-0.2, -0.15) is 13.2 Å². The zero-order chi connectivity index (χ0) is 19.9. The largest absolute Gasteiger partial charge is 0.454 e. The molecule has 0 unspecified atom stereocenters. The van der Waals surface area contributed by atoms with Gasteiger partial charge in [-0.3, -0.25) is 24.5 Å². The molecule has 0 aromatic heterocycles. The molecule has 1 aromatic carbocycles. The summed E-state index contributed by atoms with van der Waals surface area (Å²) in [7, 11) is 0. The first-order chi connectivity index (χ1) is 12.0. The van der Waals surface area contributed by atoms with Gasteiger partial charge in [0.2, 0.25) is 0 Å². The van der Waals surface area contributed by atoms with E-state index in [1.807, 2.05) is 0 Å². The number of hydrogen-bond acceptors (Lipinski definition) is 6. The fourth-order valence-corrected chi connectivity index (χ4v) is 1.68. The first-order valence-corrected chi connectivity index (χ1v) is 7.08. The normalized spacial score (nSPS) is 10.8. The summed E-state index contributed by atoms with van der Waals surface area (Å²) in [5.41, 5.74) is -0.667. The van der Waals surface area contributed by atoms with Crippen LogP contribution in [-0.2, 0) is 14.3 Å². The zero-order valence-corrected chi connectivity index (χ0v) is 13.5. The molecule has 2 amide bonds. The van der Waals surface area contributed by atoms with Crippen LogP contribution in [0.15, 0.2) is 18.2 Å². The Labute approximate surface area is 148 Å². The van der Waals surface area contributed by atoms with E-state index in [1.54, 1.807) is 0 Å². The van der Waals surface area contributed by atoms with Crippen molar-refractivity contribution in [1.82, 2.24) is 10.6 Å². The number of nitrogens with one attached hydrogen (secondary N) is 2. The molecule has 26 heavy (non-hydrogen) atoms. The van der Waals surface area contributed by atoms with E-state index in [2.05, 4.69) is 10.1 Å². The lowest BCUT2D eigenvalue weighted by atomic mass is 10.2. The van der Waals surface area contributed by atoms with E-state index in [0.717, 1.165) is 12.1 Å². The summed E-state index contributed by atoms with van der Waals surface area (Å²) >= 11 is 5.59. The summed E-state index contributed by atoms with van der Waals surface area (Å²) in [6.07, 6.45) is -4.60. The maximum atomic E-state index is 11.9. The van der Waals surface area contributed by atoms with Gasteiger partial charge in [0.15, 0.2) is 6.61 Å². The molecule has 0 heterocycles. The molecule has 0 saturated carbocycles. The van der Waals surface area contributed by atoms with E-state index in [-0.39, 0.29) is 10.6 Å². The van der Waals surface area contributed by atoms with Crippen LogP contribution in [0.2, 0.25) is 5.02 Å². The molecule has 0 aliphatic carbocycles. The highest BCUT2D eigenvalue weighted by Crippen LogP contribution is 2.24. The maximum Gasteiger partial charge on any atom is 0.405 e. The number of alkyl halides is 3. The fourth-order valence-electron chi connectivity index (χ4n) is 1.50. The molecular weight excluding hydrogens is 387 g/mol. The summed E-state index contributed by atoms with van der Waals surface area (Å²) in [5, 5.41) is 14.1. The van der Waals surface area contributed by atoms with Crippen LogP contribution in [-0.4, -0.2) is 48.6 Å². The third-order valence-corrected chi connectivity index (χ3v) is 2.97. The van der Waals surface area contributed by atoms with Crippen molar-refractivity contribution in [3.8, 4) is 0 Å². The number of nitro groups is 1. The van der Waals surface area contributed by atoms with Crippen molar-refractivity contribution in [2.24, 2.45) is 0 Å². The Hall–Kier alpha value is -2.89. The van der Waals surface area contributed by atoms with Gasteiger partial charge >= 0.3 is 12.1 Å². The SMILES string of the molecule is O=C(COC(=O)CNC(=O)c1ccc(Cl)c([N+](=O)[O-])c1)NCC(F)(F)F. The smallest absolute Gasteiger partial charge is 0.405 e. The van der Waals surface area contributed by atoms with E-state index in [9.17, 15) is 37.7 Å². The first-order valence-electron chi connectivity index (χ1n) is 6.71. The minimum atomic E-state index is -4.60. The Kier molecular flexibility index (Phi) is 7.31. The Morgan fingerprint density at radius 2 is 1.88 bits per heavy atom. The molecule has 0 bridgehead atoms. The highest BCUT2D eigenvalue weighted by Gasteiger charge is 2.27. The van der Waals surface area contributed by atoms with Crippen LogP contribution in [0.3, 0.4) is 0 Å². The average molecular weight is 398 g/mol. The van der Waals surface area contributed by atoms with Crippen molar-refractivity contribution < 1.29 is 37.2 Å². The van der Waals surface area contributed by atoms with Gasteiger partial charge in [-0.05, 0) is 12.1 Å². The molecule has 1 aromatic rings. The van der Waals surface area contributed by atoms with Crippen molar-refractivity contribution in [3.05, 3.63) is 38.9 Å². The minimum absolute atomic E-state index is 0.156. The van der Waals surface area contributed by atoms with E-state index >= 15 is 0 Å². The number of amides is 2. The van der Waals surface area contributed by atoms with Gasteiger partial charge in [0.1, 0.15) is 18.1 Å². The summed E-state index contributed by atoms with van der Waals surface area (Å²) in [6, 6.07) is 3.20. The van der Waals surface area contributed by atoms with Gasteiger partial charge in [-0.1, -0.05) is 11.6 Å². The minimum Gasteiger partial charge on any atom is -0.454 e. The van der Waals surface area contributed by atoms with Crippen LogP contribution in [0.4, 0.5) is 18.9 Å². The van der Waals surface area contributed by atoms with Crippen molar-refractivity contribution >= 4 is 35.1 Å². The second-order valence-electron chi connectivity index (χ2n) is 4.66. The zero-order valence-electron chi connectivity index (χ0n) is 12.8. The Morgan fingerprint density at radius 3 is 2.46 bits per heavy atom. The van der Waals surface area contributed by atoms with Gasteiger partial charge in [-0.25, -0.2) is 0 Å². The number of benzene rings is 1. The molecule has 0 radical (unpaired) electrons. The quantitative estimate of drug-likeness (QED) is 0.404. The maximum absolute atomic E-state index is 11.9. The fraction of sp³-hybridized carbons (Fsp3) is 0.308. The molecule has 0 atom stereocenters. The van der Waals surface area contributed by atoms with Crippen molar-refractivity contribution in [2.45, 2.75) is 6.18 Å². The van der Waals surface area contributed by atoms with E-state index < -0.39 is 54.3 Å². The molecule has 0 saturated heterocycles. The molecule has 13 heteroatoms. The Bertz CT molecular complexity index is 726. The number of nitrogens with zero attached hydrogens (tertiary/aromatic N) is 1. The molecule has 1 rings (SSSR count). The number of carbonyl (C=O) groups excluding carboxylic acids is 3. The number of nitro benzene ring substituents is 1. The molecule has 0 aliphatic rings. The Balaban J connectivity index is 2.45. The van der Waals surface area contributed by atoms with Crippen molar-refractivity contribution in [3.63, 3.8) is 0 Å². The predicted molar refractivity (Wildman–Crippen MR) is 80.5 cm³/mol. The Morgan fingerprint density at radius 1 is 1.23 bits per heavy atom. The molecule has 142 valence electrons. The van der Waals surface area contributed by atoms with E-state index in [1.165, 1.54) is 11.4 Å². The lowest BCUT2D eigenvalue weighted by molar-refractivity contribution is -0.384. The molecular formula is C13H11ClF3N3O6. The molecule has 0 aliphatic heterocycles. The number of carbonyl (C=O) groups is 3. The van der Waals surface area contributed by atoms with Crippen LogP contribution in [0.5, 0.6) is 0 Å². The number of hydrogen-bond donors (Lipinski definition) is 2.